The number of furan rings is 1. The van der Waals surface area contributed by atoms with Gasteiger partial charge in [-0.1, -0.05) is 13.8 Å². The lowest BCUT2D eigenvalue weighted by Crippen LogP contribution is -2.44. The number of aromatic nitrogens is 2. The van der Waals surface area contributed by atoms with E-state index in [0.717, 1.165) is 4.68 Å². The molecule has 128 valence electrons. The number of hydrogen-bond acceptors (Lipinski definition) is 5. The highest BCUT2D eigenvalue weighted by Crippen LogP contribution is 2.15. The first-order valence-corrected chi connectivity index (χ1v) is 7.51. The molecule has 0 bridgehead atoms. The highest BCUT2D eigenvalue weighted by molar-refractivity contribution is 5.83. The second-order valence-corrected chi connectivity index (χ2v) is 5.78. The van der Waals surface area contributed by atoms with Gasteiger partial charge in [0.2, 0.25) is 5.91 Å². The van der Waals surface area contributed by atoms with Crippen LogP contribution in [0.15, 0.2) is 39.7 Å². The zero-order chi connectivity index (χ0) is 17.7. The summed E-state index contributed by atoms with van der Waals surface area (Å²) in [5.74, 6) is -1.13. The van der Waals surface area contributed by atoms with Crippen LogP contribution in [0, 0.1) is 5.92 Å². The third-order valence-corrected chi connectivity index (χ3v) is 3.27. The number of rotatable bonds is 7. The number of carbonyl (C=O) groups excluding carboxylic acids is 1. The number of amides is 1. The molecule has 0 radical (unpaired) electrons. The molecule has 0 saturated heterocycles. The monoisotopic (exact) mass is 333 g/mol. The smallest absolute Gasteiger partial charge is 0.326 e. The maximum Gasteiger partial charge on any atom is 0.326 e. The van der Waals surface area contributed by atoms with Crippen molar-refractivity contribution in [2.75, 3.05) is 0 Å². The largest absolute Gasteiger partial charge is 0.480 e. The minimum atomic E-state index is -1.11. The minimum absolute atomic E-state index is 0.106. The van der Waals surface area contributed by atoms with Crippen molar-refractivity contribution >= 4 is 11.9 Å². The highest BCUT2D eigenvalue weighted by atomic mass is 16.4. The van der Waals surface area contributed by atoms with Gasteiger partial charge in [-0.25, -0.2) is 9.48 Å². The fraction of sp³-hybridized carbons (Fsp3) is 0.375. The molecule has 8 heteroatoms. The lowest BCUT2D eigenvalue weighted by Gasteiger charge is -2.16. The van der Waals surface area contributed by atoms with E-state index >= 15 is 0 Å². The Hall–Kier alpha value is -2.90. The third kappa shape index (κ3) is 4.55. The Kier molecular flexibility index (Phi) is 5.51. The Morgan fingerprint density at radius 3 is 2.67 bits per heavy atom. The van der Waals surface area contributed by atoms with Crippen LogP contribution < -0.4 is 10.9 Å². The number of hydrogen-bond donors (Lipinski definition) is 2. The van der Waals surface area contributed by atoms with Crippen molar-refractivity contribution in [2.24, 2.45) is 5.92 Å². The predicted molar refractivity (Wildman–Crippen MR) is 85.2 cm³/mol. The molecule has 24 heavy (non-hydrogen) atoms. The molecular weight excluding hydrogens is 314 g/mol. The van der Waals surface area contributed by atoms with Gasteiger partial charge < -0.3 is 14.8 Å². The van der Waals surface area contributed by atoms with Crippen molar-refractivity contribution < 1.29 is 19.1 Å². The summed E-state index contributed by atoms with van der Waals surface area (Å²) in [4.78, 5) is 35.1. The normalized spacial score (nSPS) is 12.1. The molecule has 0 aliphatic heterocycles. The summed E-state index contributed by atoms with van der Waals surface area (Å²) in [5.41, 5.74) is -0.0550. The van der Waals surface area contributed by atoms with E-state index < -0.39 is 23.5 Å². The third-order valence-electron chi connectivity index (χ3n) is 3.27. The van der Waals surface area contributed by atoms with Crippen molar-refractivity contribution in [3.63, 3.8) is 0 Å². The van der Waals surface area contributed by atoms with Gasteiger partial charge in [0, 0.05) is 6.07 Å². The Bertz CT molecular complexity index is 764. The van der Waals surface area contributed by atoms with E-state index in [1.807, 2.05) is 13.8 Å². The van der Waals surface area contributed by atoms with Crippen molar-refractivity contribution in [3.8, 4) is 11.5 Å². The van der Waals surface area contributed by atoms with Crippen molar-refractivity contribution in [3.05, 3.63) is 40.9 Å². The number of carboxylic acid groups (broad SMARTS) is 1. The second kappa shape index (κ2) is 7.58. The van der Waals surface area contributed by atoms with E-state index in [4.69, 9.17) is 9.52 Å². The molecule has 1 amide bonds. The lowest BCUT2D eigenvalue weighted by molar-refractivity contribution is -0.142. The average Bonchev–Trinajstić information content (AvgIpc) is 3.02. The molecule has 0 aliphatic carbocycles. The first kappa shape index (κ1) is 17.5. The number of nitrogens with one attached hydrogen (secondary N) is 1. The maximum absolute atomic E-state index is 12.1. The van der Waals surface area contributed by atoms with Gasteiger partial charge in [0.25, 0.3) is 5.56 Å². The van der Waals surface area contributed by atoms with Crippen LogP contribution >= 0.6 is 0 Å². The van der Waals surface area contributed by atoms with Crippen LogP contribution in [0.1, 0.15) is 20.3 Å². The molecule has 2 rings (SSSR count). The molecule has 2 heterocycles. The topological polar surface area (TPSA) is 114 Å². The van der Waals surface area contributed by atoms with Gasteiger partial charge in [-0.3, -0.25) is 9.59 Å². The van der Waals surface area contributed by atoms with E-state index in [1.165, 1.54) is 18.4 Å². The maximum atomic E-state index is 12.1. The SMILES string of the molecule is CC(C)C[C@H](NC(=O)Cn1nc(-c2ccco2)ccc1=O)C(=O)O. The predicted octanol–water partition coefficient (Wildman–Crippen LogP) is 1.12. The molecule has 0 aromatic carbocycles. The van der Waals surface area contributed by atoms with Crippen molar-refractivity contribution in [1.29, 1.82) is 0 Å². The molecule has 1 atom stereocenters. The van der Waals surface area contributed by atoms with Crippen LogP contribution in [0.3, 0.4) is 0 Å². The van der Waals surface area contributed by atoms with E-state index in [0.29, 0.717) is 17.9 Å². The fourth-order valence-corrected chi connectivity index (χ4v) is 2.19. The van der Waals surface area contributed by atoms with Crippen LogP contribution in [0.5, 0.6) is 0 Å². The zero-order valence-corrected chi connectivity index (χ0v) is 13.4. The molecule has 0 unspecified atom stereocenters. The summed E-state index contributed by atoms with van der Waals surface area (Å²) in [6.07, 6.45) is 1.78. The van der Waals surface area contributed by atoms with Gasteiger partial charge >= 0.3 is 5.97 Å². The van der Waals surface area contributed by atoms with Gasteiger partial charge in [-0.05, 0) is 30.5 Å². The molecular formula is C16H19N3O5. The summed E-state index contributed by atoms with van der Waals surface area (Å²) in [7, 11) is 0. The fourth-order valence-electron chi connectivity index (χ4n) is 2.19. The van der Waals surface area contributed by atoms with Crippen LogP contribution in [-0.4, -0.2) is 32.8 Å². The molecule has 2 N–H and O–H groups in total. The van der Waals surface area contributed by atoms with Gasteiger partial charge in [0.05, 0.1) is 6.26 Å². The minimum Gasteiger partial charge on any atom is -0.480 e. The Morgan fingerprint density at radius 1 is 1.33 bits per heavy atom. The zero-order valence-electron chi connectivity index (χ0n) is 13.4. The Morgan fingerprint density at radius 2 is 2.08 bits per heavy atom. The van der Waals surface area contributed by atoms with Gasteiger partial charge in [0.1, 0.15) is 18.3 Å². The molecule has 0 aliphatic rings. The van der Waals surface area contributed by atoms with Crippen LogP contribution in [0.4, 0.5) is 0 Å². The van der Waals surface area contributed by atoms with Gasteiger partial charge in [-0.15, -0.1) is 0 Å². The number of aliphatic carboxylic acids is 1. The summed E-state index contributed by atoms with van der Waals surface area (Å²) in [6.45, 7) is 3.36. The standard InChI is InChI=1S/C16H19N3O5/c1-10(2)8-12(16(22)23)17-14(20)9-19-15(21)6-5-11(18-19)13-4-3-7-24-13/h3-7,10,12H,8-9H2,1-2H3,(H,17,20)(H,22,23)/t12-/m0/s1. The molecule has 2 aromatic rings. The van der Waals surface area contributed by atoms with Crippen molar-refractivity contribution in [1.82, 2.24) is 15.1 Å². The van der Waals surface area contributed by atoms with Crippen LogP contribution in [0.2, 0.25) is 0 Å². The second-order valence-electron chi connectivity index (χ2n) is 5.78. The average molecular weight is 333 g/mol. The molecule has 0 fully saturated rings. The van der Waals surface area contributed by atoms with Crippen LogP contribution in [0.25, 0.3) is 11.5 Å². The van der Waals surface area contributed by atoms with Gasteiger partial charge in [0.15, 0.2) is 5.76 Å². The molecule has 2 aromatic heterocycles. The first-order chi connectivity index (χ1) is 11.4. The Balaban J connectivity index is 2.12. The summed E-state index contributed by atoms with van der Waals surface area (Å²) < 4.78 is 6.18. The summed E-state index contributed by atoms with van der Waals surface area (Å²) in [6, 6.07) is 5.14. The lowest BCUT2D eigenvalue weighted by atomic mass is 10.0. The van der Waals surface area contributed by atoms with E-state index in [2.05, 4.69) is 10.4 Å². The van der Waals surface area contributed by atoms with Crippen molar-refractivity contribution in [2.45, 2.75) is 32.9 Å². The van der Waals surface area contributed by atoms with Crippen LogP contribution in [-0.2, 0) is 16.1 Å². The van der Waals surface area contributed by atoms with E-state index in [9.17, 15) is 14.4 Å². The number of nitrogens with zero attached hydrogens (tertiary/aromatic N) is 2. The Labute approximate surface area is 138 Å². The van der Waals surface area contributed by atoms with E-state index in [-0.39, 0.29) is 12.5 Å². The quantitative estimate of drug-likeness (QED) is 0.784. The van der Waals surface area contributed by atoms with Gasteiger partial charge in [-0.2, -0.15) is 5.10 Å². The van der Waals surface area contributed by atoms with E-state index in [1.54, 1.807) is 12.1 Å². The summed E-state index contributed by atoms with van der Waals surface area (Å²) >= 11 is 0. The highest BCUT2D eigenvalue weighted by Gasteiger charge is 2.21. The molecule has 0 spiro atoms. The summed E-state index contributed by atoms with van der Waals surface area (Å²) in [5, 5.41) is 15.6. The molecule has 8 nitrogen and oxygen atoms in total. The number of carbonyl (C=O) groups is 2. The molecule has 0 saturated carbocycles. The first-order valence-electron chi connectivity index (χ1n) is 7.51. The number of carboxylic acids is 1.